The maximum Gasteiger partial charge on any atom is 0.119 e. The van der Waals surface area contributed by atoms with Crippen LogP contribution in [0.1, 0.15) is 0 Å². The molecule has 0 atom stereocenters. The van der Waals surface area contributed by atoms with Gasteiger partial charge in [0.1, 0.15) is 12.4 Å². The fourth-order valence-corrected chi connectivity index (χ4v) is 2.08. The molecule has 8 nitrogen and oxygen atoms in total. The number of methoxy groups -OCH3 is 1. The Bertz CT molecular complexity index is 432. The first-order valence-corrected chi connectivity index (χ1v) is 10.1. The molecule has 0 amide bonds. The third-order valence-corrected chi connectivity index (χ3v) is 3.53. The number of hydrogen-bond donors (Lipinski definition) is 0. The fourth-order valence-electron chi connectivity index (χ4n) is 2.08. The normalized spacial score (nSPS) is 11.1. The van der Waals surface area contributed by atoms with Crippen LogP contribution >= 0.6 is 0 Å². The van der Waals surface area contributed by atoms with Crippen molar-refractivity contribution in [3.63, 3.8) is 0 Å². The highest BCUT2D eigenvalue weighted by molar-refractivity contribution is 5.20. The molecular weight excluding hydrogens is 380 g/mol. The third-order valence-electron chi connectivity index (χ3n) is 3.53. The number of para-hydroxylation sites is 1. The monoisotopic (exact) mass is 416 g/mol. The highest BCUT2D eigenvalue weighted by atomic mass is 16.6. The molecule has 0 aromatic heterocycles. The maximum atomic E-state index is 5.53. The van der Waals surface area contributed by atoms with Crippen LogP contribution in [0.2, 0.25) is 0 Å². The molecule has 168 valence electrons. The Hall–Kier alpha value is -1.26. The zero-order chi connectivity index (χ0) is 20.7. The lowest BCUT2D eigenvalue weighted by Crippen LogP contribution is -2.15. The van der Waals surface area contributed by atoms with Crippen molar-refractivity contribution in [1.29, 1.82) is 0 Å². The van der Waals surface area contributed by atoms with Gasteiger partial charge in [-0.3, -0.25) is 0 Å². The fraction of sp³-hybridized carbons (Fsp3) is 0.714. The first-order chi connectivity index (χ1) is 14.4. The summed E-state index contributed by atoms with van der Waals surface area (Å²) in [5.74, 6) is 0.851. The van der Waals surface area contributed by atoms with Crippen LogP contribution in [-0.4, -0.2) is 99.6 Å². The van der Waals surface area contributed by atoms with Crippen LogP contribution in [0.25, 0.3) is 0 Å². The van der Waals surface area contributed by atoms with Crippen molar-refractivity contribution in [2.24, 2.45) is 0 Å². The van der Waals surface area contributed by atoms with Crippen LogP contribution in [0.4, 0.5) is 0 Å². The Kier molecular flexibility index (Phi) is 19.1. The van der Waals surface area contributed by atoms with Crippen LogP contribution in [0, 0.1) is 0 Å². The quantitative estimate of drug-likeness (QED) is 0.265. The summed E-state index contributed by atoms with van der Waals surface area (Å²) in [6.07, 6.45) is 0. The van der Waals surface area contributed by atoms with E-state index < -0.39 is 0 Å². The Morgan fingerprint density at radius 1 is 0.448 bits per heavy atom. The van der Waals surface area contributed by atoms with Gasteiger partial charge in [-0.25, -0.2) is 0 Å². The van der Waals surface area contributed by atoms with E-state index in [2.05, 4.69) is 0 Å². The summed E-state index contributed by atoms with van der Waals surface area (Å²) >= 11 is 0. The van der Waals surface area contributed by atoms with E-state index in [9.17, 15) is 0 Å². The van der Waals surface area contributed by atoms with E-state index in [1.54, 1.807) is 7.11 Å². The SMILES string of the molecule is COCCOCCOCCOCCOCCOCCOCCOc1ccccc1. The van der Waals surface area contributed by atoms with E-state index in [1.807, 2.05) is 30.3 Å². The molecule has 0 saturated heterocycles. The van der Waals surface area contributed by atoms with E-state index in [-0.39, 0.29) is 0 Å². The van der Waals surface area contributed by atoms with Crippen molar-refractivity contribution in [3.05, 3.63) is 30.3 Å². The molecule has 0 fully saturated rings. The Balaban J connectivity index is 1.66. The molecule has 0 unspecified atom stereocenters. The molecule has 1 aromatic rings. The lowest BCUT2D eigenvalue weighted by molar-refractivity contribution is -0.0199. The van der Waals surface area contributed by atoms with E-state index >= 15 is 0 Å². The second-order valence-electron chi connectivity index (χ2n) is 5.83. The zero-order valence-corrected chi connectivity index (χ0v) is 17.6. The molecule has 0 saturated carbocycles. The van der Waals surface area contributed by atoms with Gasteiger partial charge in [0.25, 0.3) is 0 Å². The molecular formula is C21H36O8. The van der Waals surface area contributed by atoms with Crippen LogP contribution in [0.5, 0.6) is 5.75 Å². The average Bonchev–Trinajstić information content (AvgIpc) is 2.75. The van der Waals surface area contributed by atoms with Crippen molar-refractivity contribution in [3.8, 4) is 5.75 Å². The van der Waals surface area contributed by atoms with Gasteiger partial charge in [-0.15, -0.1) is 0 Å². The molecule has 0 spiro atoms. The Morgan fingerprint density at radius 3 is 1.17 bits per heavy atom. The van der Waals surface area contributed by atoms with Crippen LogP contribution in [0.3, 0.4) is 0 Å². The zero-order valence-electron chi connectivity index (χ0n) is 17.6. The van der Waals surface area contributed by atoms with Crippen LogP contribution in [-0.2, 0) is 33.2 Å². The van der Waals surface area contributed by atoms with Gasteiger partial charge >= 0.3 is 0 Å². The first-order valence-electron chi connectivity index (χ1n) is 10.1. The van der Waals surface area contributed by atoms with Gasteiger partial charge in [0.15, 0.2) is 0 Å². The second kappa shape index (κ2) is 21.4. The lowest BCUT2D eigenvalue weighted by atomic mass is 10.3. The molecule has 8 heteroatoms. The molecule has 0 aliphatic heterocycles. The number of rotatable bonds is 22. The topological polar surface area (TPSA) is 73.8 Å². The third kappa shape index (κ3) is 18.5. The Labute approximate surface area is 174 Å². The van der Waals surface area contributed by atoms with Crippen molar-refractivity contribution in [2.75, 3.05) is 99.6 Å². The molecule has 1 rings (SSSR count). The van der Waals surface area contributed by atoms with Crippen molar-refractivity contribution in [2.45, 2.75) is 0 Å². The van der Waals surface area contributed by atoms with Crippen molar-refractivity contribution >= 4 is 0 Å². The standard InChI is InChI=1S/C21H36O8/c1-22-7-8-23-9-10-24-11-12-25-13-14-26-15-16-27-17-18-28-19-20-29-21-5-3-2-4-6-21/h2-6H,7-20H2,1H3. The average molecular weight is 417 g/mol. The summed E-state index contributed by atoms with van der Waals surface area (Å²) in [5.41, 5.74) is 0. The highest BCUT2D eigenvalue weighted by Gasteiger charge is 1.95. The van der Waals surface area contributed by atoms with E-state index in [0.29, 0.717) is 92.5 Å². The van der Waals surface area contributed by atoms with Crippen molar-refractivity contribution in [1.82, 2.24) is 0 Å². The minimum Gasteiger partial charge on any atom is -0.491 e. The van der Waals surface area contributed by atoms with Gasteiger partial charge in [0.05, 0.1) is 85.9 Å². The summed E-state index contributed by atoms with van der Waals surface area (Å²) in [5, 5.41) is 0. The van der Waals surface area contributed by atoms with Crippen LogP contribution < -0.4 is 4.74 Å². The smallest absolute Gasteiger partial charge is 0.119 e. The van der Waals surface area contributed by atoms with E-state index in [4.69, 9.17) is 37.9 Å². The number of ether oxygens (including phenoxy) is 8. The second-order valence-corrected chi connectivity index (χ2v) is 5.83. The highest BCUT2D eigenvalue weighted by Crippen LogP contribution is 2.07. The largest absolute Gasteiger partial charge is 0.491 e. The molecule has 1 aromatic carbocycles. The predicted molar refractivity (Wildman–Crippen MR) is 109 cm³/mol. The van der Waals surface area contributed by atoms with Gasteiger partial charge in [-0.2, -0.15) is 0 Å². The molecule has 0 heterocycles. The summed E-state index contributed by atoms with van der Waals surface area (Å²) < 4.78 is 42.8. The molecule has 0 aliphatic rings. The maximum absolute atomic E-state index is 5.53. The summed E-state index contributed by atoms with van der Waals surface area (Å²) in [4.78, 5) is 0. The van der Waals surface area contributed by atoms with Gasteiger partial charge in [0.2, 0.25) is 0 Å². The summed E-state index contributed by atoms with van der Waals surface area (Å²) in [6.45, 7) is 7.72. The molecule has 0 N–H and O–H groups in total. The number of hydrogen-bond acceptors (Lipinski definition) is 8. The molecule has 0 radical (unpaired) electrons. The number of benzene rings is 1. The van der Waals surface area contributed by atoms with Gasteiger partial charge in [-0.1, -0.05) is 18.2 Å². The van der Waals surface area contributed by atoms with E-state index in [0.717, 1.165) is 5.75 Å². The summed E-state index contributed by atoms with van der Waals surface area (Å²) in [7, 11) is 1.65. The van der Waals surface area contributed by atoms with Gasteiger partial charge in [0, 0.05) is 7.11 Å². The predicted octanol–water partition coefficient (Wildman–Crippen LogP) is 1.81. The lowest BCUT2D eigenvalue weighted by Gasteiger charge is -2.08. The summed E-state index contributed by atoms with van der Waals surface area (Å²) in [6, 6.07) is 9.68. The van der Waals surface area contributed by atoms with Crippen molar-refractivity contribution < 1.29 is 37.9 Å². The Morgan fingerprint density at radius 2 is 0.793 bits per heavy atom. The first kappa shape index (κ1) is 25.8. The van der Waals surface area contributed by atoms with Gasteiger partial charge < -0.3 is 37.9 Å². The van der Waals surface area contributed by atoms with Gasteiger partial charge in [-0.05, 0) is 12.1 Å². The van der Waals surface area contributed by atoms with Crippen LogP contribution in [0.15, 0.2) is 30.3 Å². The minimum absolute atomic E-state index is 0.528. The molecule has 0 bridgehead atoms. The minimum atomic E-state index is 0.528. The molecule has 29 heavy (non-hydrogen) atoms. The molecule has 0 aliphatic carbocycles. The van der Waals surface area contributed by atoms with E-state index in [1.165, 1.54) is 0 Å².